The lowest BCUT2D eigenvalue weighted by molar-refractivity contribution is -0.141. The van der Waals surface area contributed by atoms with Crippen molar-refractivity contribution in [2.24, 2.45) is 11.8 Å². The third kappa shape index (κ3) is 1.93. The van der Waals surface area contributed by atoms with E-state index in [0.717, 1.165) is 34.6 Å². The molecule has 6 nitrogen and oxygen atoms in total. The summed E-state index contributed by atoms with van der Waals surface area (Å²) in [5.41, 5.74) is 4.24. The van der Waals surface area contributed by atoms with E-state index in [2.05, 4.69) is 6.07 Å². The smallest absolute Gasteiger partial charge is 0.310 e. The summed E-state index contributed by atoms with van der Waals surface area (Å²) in [6, 6.07) is 8.01. The minimum Gasteiger partial charge on any atom is -0.493 e. The first-order valence-corrected chi connectivity index (χ1v) is 9.17. The standard InChI is InChI=1S/C21H18O6/c1-23-14-4-2-10-6-11-7-25-21(22)17(11)18-12-3-5-15-19(27-9-26-15)13(12)8-24-20(14)16(10)18/h2-5,11,17-18H,6-9H2,1H3. The Bertz CT molecular complexity index is 981. The van der Waals surface area contributed by atoms with Crippen LogP contribution in [-0.2, 0) is 22.6 Å². The van der Waals surface area contributed by atoms with Crippen molar-refractivity contribution in [2.75, 3.05) is 20.5 Å². The molecule has 6 rings (SSSR count). The van der Waals surface area contributed by atoms with Crippen LogP contribution in [0.5, 0.6) is 23.0 Å². The van der Waals surface area contributed by atoms with Gasteiger partial charge in [-0.25, -0.2) is 0 Å². The second-order valence-corrected chi connectivity index (χ2v) is 7.42. The quantitative estimate of drug-likeness (QED) is 0.724. The number of benzene rings is 2. The summed E-state index contributed by atoms with van der Waals surface area (Å²) in [5.74, 6) is 2.54. The SMILES string of the molecule is COc1ccc2c3c1OCc1c(ccc4c1OCO4)C3C1C(=O)OCC1C2. The molecule has 1 saturated heterocycles. The third-order valence-corrected chi connectivity index (χ3v) is 6.22. The Hall–Kier alpha value is -2.89. The fourth-order valence-corrected chi connectivity index (χ4v) is 5.07. The zero-order chi connectivity index (χ0) is 18.1. The summed E-state index contributed by atoms with van der Waals surface area (Å²) in [6.07, 6.45) is 0.808. The number of ether oxygens (including phenoxy) is 5. The van der Waals surface area contributed by atoms with Crippen molar-refractivity contribution < 1.29 is 28.5 Å². The Balaban J connectivity index is 1.65. The van der Waals surface area contributed by atoms with E-state index >= 15 is 0 Å². The fourth-order valence-electron chi connectivity index (χ4n) is 5.07. The molecule has 27 heavy (non-hydrogen) atoms. The number of carbonyl (C=O) groups excluding carboxylic acids is 1. The van der Waals surface area contributed by atoms with Crippen LogP contribution in [0.25, 0.3) is 0 Å². The summed E-state index contributed by atoms with van der Waals surface area (Å²) in [5, 5.41) is 0. The number of fused-ring (bicyclic) bond motifs is 6. The highest BCUT2D eigenvalue weighted by Crippen LogP contribution is 2.56. The van der Waals surface area contributed by atoms with Crippen LogP contribution < -0.4 is 18.9 Å². The van der Waals surface area contributed by atoms with E-state index in [0.29, 0.717) is 24.7 Å². The normalized spacial score (nSPS) is 26.3. The Labute approximate surface area is 155 Å². The molecule has 0 amide bonds. The number of carbonyl (C=O) groups is 1. The van der Waals surface area contributed by atoms with Gasteiger partial charge in [0.1, 0.15) is 6.61 Å². The average Bonchev–Trinajstić information content (AvgIpc) is 3.27. The molecule has 1 fully saturated rings. The summed E-state index contributed by atoms with van der Waals surface area (Å²) in [6.45, 7) is 1.02. The van der Waals surface area contributed by atoms with Gasteiger partial charge in [-0.3, -0.25) is 4.79 Å². The summed E-state index contributed by atoms with van der Waals surface area (Å²) in [7, 11) is 1.64. The first-order chi connectivity index (χ1) is 13.3. The van der Waals surface area contributed by atoms with E-state index in [-0.39, 0.29) is 30.5 Å². The number of rotatable bonds is 1. The zero-order valence-electron chi connectivity index (χ0n) is 14.8. The Morgan fingerprint density at radius 2 is 1.96 bits per heavy atom. The minimum atomic E-state index is -0.218. The van der Waals surface area contributed by atoms with Gasteiger partial charge >= 0.3 is 5.97 Å². The minimum absolute atomic E-state index is 0.130. The van der Waals surface area contributed by atoms with E-state index in [9.17, 15) is 4.79 Å². The molecule has 2 aromatic rings. The van der Waals surface area contributed by atoms with Gasteiger partial charge in [-0.1, -0.05) is 12.1 Å². The van der Waals surface area contributed by atoms with Crippen molar-refractivity contribution in [3.8, 4) is 23.0 Å². The molecule has 0 saturated carbocycles. The van der Waals surface area contributed by atoms with Crippen LogP contribution in [0.15, 0.2) is 24.3 Å². The molecular weight excluding hydrogens is 348 g/mol. The van der Waals surface area contributed by atoms with Crippen molar-refractivity contribution in [2.45, 2.75) is 18.9 Å². The van der Waals surface area contributed by atoms with Crippen molar-refractivity contribution in [3.63, 3.8) is 0 Å². The van der Waals surface area contributed by atoms with E-state index in [1.807, 2.05) is 18.2 Å². The maximum Gasteiger partial charge on any atom is 0.310 e. The number of hydrogen-bond donors (Lipinski definition) is 0. The van der Waals surface area contributed by atoms with E-state index in [1.54, 1.807) is 7.11 Å². The highest BCUT2D eigenvalue weighted by molar-refractivity contribution is 5.79. The maximum atomic E-state index is 12.7. The molecule has 2 aromatic carbocycles. The first-order valence-electron chi connectivity index (χ1n) is 9.17. The van der Waals surface area contributed by atoms with Crippen molar-refractivity contribution >= 4 is 5.97 Å². The third-order valence-electron chi connectivity index (χ3n) is 6.22. The molecule has 0 N–H and O–H groups in total. The molecule has 3 unspecified atom stereocenters. The highest BCUT2D eigenvalue weighted by Gasteiger charge is 2.50. The second kappa shape index (κ2) is 5.31. The fraction of sp³-hybridized carbons (Fsp3) is 0.381. The molecule has 0 spiro atoms. The second-order valence-electron chi connectivity index (χ2n) is 7.42. The van der Waals surface area contributed by atoms with Crippen molar-refractivity contribution in [3.05, 3.63) is 46.5 Å². The van der Waals surface area contributed by atoms with Crippen LogP contribution in [0, 0.1) is 11.8 Å². The van der Waals surface area contributed by atoms with Gasteiger partial charge in [0.05, 0.1) is 19.6 Å². The topological polar surface area (TPSA) is 63.2 Å². The van der Waals surface area contributed by atoms with E-state index < -0.39 is 0 Å². The van der Waals surface area contributed by atoms with Crippen LogP contribution in [-0.4, -0.2) is 26.5 Å². The number of cyclic esters (lactones) is 1. The molecular formula is C21H18O6. The first kappa shape index (κ1) is 15.2. The van der Waals surface area contributed by atoms with E-state index in [1.165, 1.54) is 5.56 Å². The van der Waals surface area contributed by atoms with Crippen LogP contribution in [0.3, 0.4) is 0 Å². The largest absolute Gasteiger partial charge is 0.493 e. The molecule has 138 valence electrons. The molecule has 3 heterocycles. The van der Waals surface area contributed by atoms with Crippen LogP contribution in [0.1, 0.15) is 28.2 Å². The van der Waals surface area contributed by atoms with Gasteiger partial charge in [-0.05, 0) is 29.7 Å². The molecule has 3 aliphatic heterocycles. The summed E-state index contributed by atoms with van der Waals surface area (Å²) >= 11 is 0. The van der Waals surface area contributed by atoms with Crippen LogP contribution >= 0.6 is 0 Å². The van der Waals surface area contributed by atoms with Crippen LogP contribution in [0.2, 0.25) is 0 Å². The van der Waals surface area contributed by atoms with Gasteiger partial charge in [0, 0.05) is 23.0 Å². The molecule has 0 bridgehead atoms. The van der Waals surface area contributed by atoms with Gasteiger partial charge in [0.2, 0.25) is 6.79 Å². The Morgan fingerprint density at radius 1 is 1.04 bits per heavy atom. The molecule has 6 heteroatoms. The maximum absolute atomic E-state index is 12.7. The van der Waals surface area contributed by atoms with Gasteiger partial charge in [0.15, 0.2) is 23.0 Å². The summed E-state index contributed by atoms with van der Waals surface area (Å²) < 4.78 is 28.6. The summed E-state index contributed by atoms with van der Waals surface area (Å²) in [4.78, 5) is 12.7. The lowest BCUT2D eigenvalue weighted by atomic mass is 9.67. The van der Waals surface area contributed by atoms with Crippen LogP contribution in [0.4, 0.5) is 0 Å². The highest BCUT2D eigenvalue weighted by atomic mass is 16.7. The van der Waals surface area contributed by atoms with Gasteiger partial charge in [-0.2, -0.15) is 0 Å². The lowest BCUT2D eigenvalue weighted by Gasteiger charge is -2.34. The number of methoxy groups -OCH3 is 1. The van der Waals surface area contributed by atoms with Crippen molar-refractivity contribution in [1.29, 1.82) is 0 Å². The number of esters is 1. The lowest BCUT2D eigenvalue weighted by Crippen LogP contribution is -2.31. The molecule has 1 aliphatic carbocycles. The predicted octanol–water partition coefficient (Wildman–Crippen LogP) is 2.79. The Kier molecular flexibility index (Phi) is 2.99. The van der Waals surface area contributed by atoms with Gasteiger partial charge < -0.3 is 23.7 Å². The monoisotopic (exact) mass is 366 g/mol. The average molecular weight is 366 g/mol. The van der Waals surface area contributed by atoms with Gasteiger partial charge in [-0.15, -0.1) is 0 Å². The van der Waals surface area contributed by atoms with Crippen molar-refractivity contribution in [1.82, 2.24) is 0 Å². The van der Waals surface area contributed by atoms with Gasteiger partial charge in [0.25, 0.3) is 0 Å². The molecule has 0 aromatic heterocycles. The zero-order valence-corrected chi connectivity index (χ0v) is 14.8. The molecule has 4 aliphatic rings. The molecule has 0 radical (unpaired) electrons. The number of hydrogen-bond acceptors (Lipinski definition) is 6. The molecule has 3 atom stereocenters. The predicted molar refractivity (Wildman–Crippen MR) is 93.4 cm³/mol. The van der Waals surface area contributed by atoms with E-state index in [4.69, 9.17) is 23.7 Å². The Morgan fingerprint density at radius 3 is 2.85 bits per heavy atom.